The van der Waals surface area contributed by atoms with Crippen molar-refractivity contribution in [2.24, 2.45) is 5.73 Å². The first-order valence-electron chi connectivity index (χ1n) is 5.03. The maximum atomic E-state index is 10.7. The Labute approximate surface area is 97.0 Å². The topological polar surface area (TPSA) is 102 Å². The van der Waals surface area contributed by atoms with Crippen molar-refractivity contribution in [1.82, 2.24) is 10.3 Å². The molecule has 3 N–H and O–H groups in total. The third-order valence-corrected chi connectivity index (χ3v) is 2.33. The molecular weight excluding hydrogens is 222 g/mol. The lowest BCUT2D eigenvalue weighted by Gasteiger charge is -2.03. The van der Waals surface area contributed by atoms with Gasteiger partial charge in [0, 0.05) is 12.0 Å². The molecule has 1 aromatic carbocycles. The third-order valence-electron chi connectivity index (χ3n) is 2.33. The normalized spacial score (nSPS) is 12.3. The van der Waals surface area contributed by atoms with Crippen molar-refractivity contribution < 1.29 is 14.5 Å². The molecule has 0 aliphatic carbocycles. The summed E-state index contributed by atoms with van der Waals surface area (Å²) >= 11 is 0. The number of benzene rings is 1. The third kappa shape index (κ3) is 2.48. The van der Waals surface area contributed by atoms with E-state index in [0.717, 1.165) is 5.56 Å². The molecule has 0 saturated heterocycles. The molecular formula is C11H11N3O3. The van der Waals surface area contributed by atoms with Crippen LogP contribution in [-0.2, 0) is 11.2 Å². The van der Waals surface area contributed by atoms with E-state index in [2.05, 4.69) is 14.9 Å². The summed E-state index contributed by atoms with van der Waals surface area (Å²) in [5, 5.41) is 16.2. The first-order valence-corrected chi connectivity index (χ1v) is 5.03. The molecule has 2 aromatic rings. The van der Waals surface area contributed by atoms with E-state index < -0.39 is 12.0 Å². The molecule has 0 spiro atoms. The average Bonchev–Trinajstić information content (AvgIpc) is 2.78. The maximum absolute atomic E-state index is 10.7. The van der Waals surface area contributed by atoms with Gasteiger partial charge in [0.1, 0.15) is 17.4 Å². The van der Waals surface area contributed by atoms with E-state index in [1.54, 1.807) is 0 Å². The van der Waals surface area contributed by atoms with Crippen LogP contribution < -0.4 is 5.73 Å². The van der Waals surface area contributed by atoms with Gasteiger partial charge in [0.2, 0.25) is 0 Å². The van der Waals surface area contributed by atoms with Gasteiger partial charge in [0.15, 0.2) is 0 Å². The van der Waals surface area contributed by atoms with Gasteiger partial charge >= 0.3 is 5.97 Å². The van der Waals surface area contributed by atoms with Gasteiger partial charge in [-0.05, 0) is 5.16 Å². The maximum Gasteiger partial charge on any atom is 0.320 e. The molecule has 88 valence electrons. The number of aliphatic carboxylic acids is 1. The van der Waals surface area contributed by atoms with Crippen molar-refractivity contribution in [2.75, 3.05) is 0 Å². The van der Waals surface area contributed by atoms with Gasteiger partial charge in [-0.3, -0.25) is 4.79 Å². The van der Waals surface area contributed by atoms with Crippen molar-refractivity contribution >= 4 is 5.97 Å². The highest BCUT2D eigenvalue weighted by Gasteiger charge is 2.19. The van der Waals surface area contributed by atoms with Crippen molar-refractivity contribution in [3.05, 3.63) is 36.0 Å². The molecule has 6 nitrogen and oxygen atoms in total. The number of carbonyl (C=O) groups is 1. The van der Waals surface area contributed by atoms with Gasteiger partial charge in [0.05, 0.1) is 0 Å². The second-order valence-corrected chi connectivity index (χ2v) is 3.57. The van der Waals surface area contributed by atoms with E-state index in [1.165, 1.54) is 0 Å². The average molecular weight is 233 g/mol. The van der Waals surface area contributed by atoms with E-state index >= 15 is 0 Å². The van der Waals surface area contributed by atoms with Gasteiger partial charge < -0.3 is 10.8 Å². The van der Waals surface area contributed by atoms with Gasteiger partial charge in [-0.25, -0.2) is 4.63 Å². The number of hydrogen-bond donors (Lipinski definition) is 2. The van der Waals surface area contributed by atoms with Crippen LogP contribution >= 0.6 is 0 Å². The molecule has 6 heteroatoms. The lowest BCUT2D eigenvalue weighted by atomic mass is 10.1. The Morgan fingerprint density at radius 2 is 2.06 bits per heavy atom. The van der Waals surface area contributed by atoms with E-state index in [1.807, 2.05) is 30.3 Å². The summed E-state index contributed by atoms with van der Waals surface area (Å²) in [6.07, 6.45) is 0.0864. The summed E-state index contributed by atoms with van der Waals surface area (Å²) in [5.74, 6) is -1.08. The first kappa shape index (κ1) is 11.3. The van der Waals surface area contributed by atoms with Crippen LogP contribution in [0.1, 0.15) is 5.69 Å². The zero-order valence-corrected chi connectivity index (χ0v) is 8.91. The number of carboxylic acid groups (broad SMARTS) is 1. The largest absolute Gasteiger partial charge is 0.480 e. The van der Waals surface area contributed by atoms with E-state index in [-0.39, 0.29) is 6.42 Å². The van der Waals surface area contributed by atoms with E-state index in [4.69, 9.17) is 10.8 Å². The van der Waals surface area contributed by atoms with Crippen LogP contribution in [-0.4, -0.2) is 27.4 Å². The molecule has 0 fully saturated rings. The van der Waals surface area contributed by atoms with Crippen LogP contribution in [0.15, 0.2) is 35.0 Å². The molecule has 1 aromatic heterocycles. The zero-order chi connectivity index (χ0) is 12.3. The second kappa shape index (κ2) is 4.75. The minimum atomic E-state index is -1.08. The first-order chi connectivity index (χ1) is 8.18. The quantitative estimate of drug-likeness (QED) is 0.805. The second-order valence-electron chi connectivity index (χ2n) is 3.57. The minimum absolute atomic E-state index is 0.0864. The van der Waals surface area contributed by atoms with Gasteiger partial charge in [-0.2, -0.15) is 0 Å². The highest BCUT2D eigenvalue weighted by molar-refractivity contribution is 5.74. The molecule has 1 atom stereocenters. The number of rotatable bonds is 4. The molecule has 0 aliphatic heterocycles. The lowest BCUT2D eigenvalue weighted by Crippen LogP contribution is -2.32. The highest BCUT2D eigenvalue weighted by Crippen LogP contribution is 2.20. The van der Waals surface area contributed by atoms with Crippen LogP contribution in [0.3, 0.4) is 0 Å². The standard InChI is InChI=1S/C11H11N3O3/c12-8(11(15)16)6-9-10(14-17-13-9)7-4-2-1-3-5-7/h1-5,8H,6,12H2,(H,15,16). The summed E-state index contributed by atoms with van der Waals surface area (Å²) in [4.78, 5) is 10.7. The summed E-state index contributed by atoms with van der Waals surface area (Å²) in [6.45, 7) is 0. The minimum Gasteiger partial charge on any atom is -0.480 e. The molecule has 0 amide bonds. The number of hydrogen-bond acceptors (Lipinski definition) is 5. The molecule has 0 radical (unpaired) electrons. The Morgan fingerprint density at radius 3 is 2.71 bits per heavy atom. The van der Waals surface area contributed by atoms with Crippen LogP contribution in [0, 0.1) is 0 Å². The predicted octanol–water partition coefficient (Wildman–Crippen LogP) is 0.691. The number of nitrogens with two attached hydrogens (primary N) is 1. The molecule has 0 saturated carbocycles. The molecule has 2 rings (SSSR count). The van der Waals surface area contributed by atoms with Crippen molar-refractivity contribution in [1.29, 1.82) is 0 Å². The fraction of sp³-hybridized carbons (Fsp3) is 0.182. The molecule has 0 aliphatic rings. The van der Waals surface area contributed by atoms with Crippen LogP contribution in [0.5, 0.6) is 0 Å². The summed E-state index contributed by atoms with van der Waals surface area (Å²) < 4.78 is 4.63. The smallest absolute Gasteiger partial charge is 0.320 e. The monoisotopic (exact) mass is 233 g/mol. The van der Waals surface area contributed by atoms with Gasteiger partial charge in [-0.1, -0.05) is 35.5 Å². The van der Waals surface area contributed by atoms with E-state index in [0.29, 0.717) is 11.4 Å². The van der Waals surface area contributed by atoms with Crippen molar-refractivity contribution in [2.45, 2.75) is 12.5 Å². The lowest BCUT2D eigenvalue weighted by molar-refractivity contribution is -0.138. The number of aromatic nitrogens is 2. The molecule has 1 heterocycles. The Balaban J connectivity index is 2.26. The fourth-order valence-corrected chi connectivity index (χ4v) is 1.45. The van der Waals surface area contributed by atoms with E-state index in [9.17, 15) is 4.79 Å². The highest BCUT2D eigenvalue weighted by atomic mass is 16.6. The Hall–Kier alpha value is -2.21. The summed E-state index contributed by atoms with van der Waals surface area (Å²) in [6, 6.07) is 8.25. The van der Waals surface area contributed by atoms with Crippen LogP contribution in [0.2, 0.25) is 0 Å². The SMILES string of the molecule is NC(Cc1nonc1-c1ccccc1)C(=O)O. The van der Waals surface area contributed by atoms with Crippen LogP contribution in [0.4, 0.5) is 0 Å². The van der Waals surface area contributed by atoms with Crippen molar-refractivity contribution in [3.63, 3.8) is 0 Å². The summed E-state index contributed by atoms with van der Waals surface area (Å²) in [7, 11) is 0. The fourth-order valence-electron chi connectivity index (χ4n) is 1.45. The van der Waals surface area contributed by atoms with Gasteiger partial charge in [0.25, 0.3) is 0 Å². The number of nitrogens with zero attached hydrogens (tertiary/aromatic N) is 2. The summed E-state index contributed by atoms with van der Waals surface area (Å²) in [5.41, 5.74) is 7.25. The predicted molar refractivity (Wildman–Crippen MR) is 59.0 cm³/mol. The van der Waals surface area contributed by atoms with Crippen LogP contribution in [0.25, 0.3) is 11.3 Å². The van der Waals surface area contributed by atoms with Gasteiger partial charge in [-0.15, -0.1) is 0 Å². The molecule has 1 unspecified atom stereocenters. The number of carboxylic acids is 1. The Kier molecular flexibility index (Phi) is 3.15. The Morgan fingerprint density at radius 1 is 1.35 bits per heavy atom. The Bertz CT molecular complexity index is 510. The zero-order valence-electron chi connectivity index (χ0n) is 8.91. The van der Waals surface area contributed by atoms with Crippen molar-refractivity contribution in [3.8, 4) is 11.3 Å². The molecule has 17 heavy (non-hydrogen) atoms. The molecule has 0 bridgehead atoms.